The van der Waals surface area contributed by atoms with E-state index < -0.39 is 0 Å². The Morgan fingerprint density at radius 1 is 1.12 bits per heavy atom. The largest absolute Gasteiger partial charge is 0.508 e. The Balaban J connectivity index is 2.34. The SMILES string of the molecule is CC1(C)NC(c2ccc(O)cc2)N(O)C1(C)C. The number of nitrogens with one attached hydrogen (secondary N) is 1. The predicted molar refractivity (Wildman–Crippen MR) is 65.8 cm³/mol. The summed E-state index contributed by atoms with van der Waals surface area (Å²) in [4.78, 5) is 0. The molecule has 1 heterocycles. The van der Waals surface area contributed by atoms with E-state index in [2.05, 4.69) is 19.2 Å². The molecule has 3 N–H and O–H groups in total. The van der Waals surface area contributed by atoms with Crippen molar-refractivity contribution in [1.82, 2.24) is 10.4 Å². The van der Waals surface area contributed by atoms with Crippen molar-refractivity contribution in [2.75, 3.05) is 0 Å². The van der Waals surface area contributed by atoms with E-state index >= 15 is 0 Å². The van der Waals surface area contributed by atoms with Gasteiger partial charge in [0.2, 0.25) is 0 Å². The Kier molecular flexibility index (Phi) is 2.69. The zero-order valence-corrected chi connectivity index (χ0v) is 10.7. The predicted octanol–water partition coefficient (Wildman–Crippen LogP) is 2.24. The van der Waals surface area contributed by atoms with Crippen LogP contribution in [0.4, 0.5) is 0 Å². The number of rotatable bonds is 1. The first-order valence-corrected chi connectivity index (χ1v) is 5.80. The minimum absolute atomic E-state index is 0.204. The Bertz CT molecular complexity index is 412. The molecular weight excluding hydrogens is 216 g/mol. The molecule has 1 fully saturated rings. The second kappa shape index (κ2) is 3.70. The highest BCUT2D eigenvalue weighted by Crippen LogP contribution is 2.40. The molecule has 1 aliphatic heterocycles. The first kappa shape index (κ1) is 12.4. The average molecular weight is 236 g/mol. The third-order valence-corrected chi connectivity index (χ3v) is 4.05. The lowest BCUT2D eigenvalue weighted by atomic mass is 9.84. The third-order valence-electron chi connectivity index (χ3n) is 4.05. The average Bonchev–Trinajstić information content (AvgIpc) is 2.40. The normalized spacial score (nSPS) is 27.2. The fourth-order valence-electron chi connectivity index (χ4n) is 2.07. The summed E-state index contributed by atoms with van der Waals surface area (Å²) in [6.45, 7) is 8.13. The molecule has 0 bridgehead atoms. The molecule has 4 nitrogen and oxygen atoms in total. The topological polar surface area (TPSA) is 55.7 Å². The first-order chi connectivity index (χ1) is 7.75. The van der Waals surface area contributed by atoms with Gasteiger partial charge in [-0.15, -0.1) is 0 Å². The monoisotopic (exact) mass is 236 g/mol. The smallest absolute Gasteiger partial charge is 0.115 e. The molecule has 1 atom stereocenters. The van der Waals surface area contributed by atoms with Crippen LogP contribution in [-0.2, 0) is 0 Å². The summed E-state index contributed by atoms with van der Waals surface area (Å²) in [6, 6.07) is 6.88. The maximum Gasteiger partial charge on any atom is 0.115 e. The number of hydrogen-bond acceptors (Lipinski definition) is 4. The van der Waals surface area contributed by atoms with Crippen LogP contribution in [0, 0.1) is 0 Å². The minimum Gasteiger partial charge on any atom is -0.508 e. The van der Waals surface area contributed by atoms with E-state index in [0.29, 0.717) is 0 Å². The number of phenols is 1. The van der Waals surface area contributed by atoms with Gasteiger partial charge in [-0.1, -0.05) is 12.1 Å². The van der Waals surface area contributed by atoms with Gasteiger partial charge in [0.15, 0.2) is 0 Å². The fraction of sp³-hybridized carbons (Fsp3) is 0.538. The zero-order chi connectivity index (χ0) is 12.8. The van der Waals surface area contributed by atoms with Gasteiger partial charge in [-0.3, -0.25) is 5.32 Å². The first-order valence-electron chi connectivity index (χ1n) is 5.80. The Hall–Kier alpha value is -1.10. The lowest BCUT2D eigenvalue weighted by molar-refractivity contribution is -0.173. The number of hydrogen-bond donors (Lipinski definition) is 3. The zero-order valence-electron chi connectivity index (χ0n) is 10.7. The molecule has 17 heavy (non-hydrogen) atoms. The van der Waals surface area contributed by atoms with Gasteiger partial charge in [-0.25, -0.2) is 0 Å². The molecule has 94 valence electrons. The van der Waals surface area contributed by atoms with Gasteiger partial charge in [0.1, 0.15) is 11.9 Å². The molecule has 1 aromatic rings. The molecule has 0 amide bonds. The number of hydroxylamine groups is 2. The van der Waals surface area contributed by atoms with Gasteiger partial charge in [-0.2, -0.15) is 5.06 Å². The molecule has 1 saturated heterocycles. The molecule has 4 heteroatoms. The molecule has 1 unspecified atom stereocenters. The standard InChI is InChI=1S/C13H20N2O2/c1-12(2)13(3,4)15(17)11(14-12)9-5-7-10(16)8-6-9/h5-8,11,14,16-17H,1-4H3. The fourth-order valence-corrected chi connectivity index (χ4v) is 2.07. The molecule has 0 saturated carbocycles. The quantitative estimate of drug-likeness (QED) is 0.700. The van der Waals surface area contributed by atoms with Crippen LogP contribution in [-0.4, -0.2) is 26.5 Å². The van der Waals surface area contributed by atoms with Crippen LogP contribution >= 0.6 is 0 Å². The summed E-state index contributed by atoms with van der Waals surface area (Å²) in [7, 11) is 0. The highest BCUT2D eigenvalue weighted by Gasteiger charge is 2.52. The van der Waals surface area contributed by atoms with Crippen LogP contribution in [0.25, 0.3) is 0 Å². The molecule has 0 radical (unpaired) electrons. The maximum absolute atomic E-state index is 10.3. The van der Waals surface area contributed by atoms with Crippen LogP contribution in [0.5, 0.6) is 5.75 Å². The summed E-state index contributed by atoms with van der Waals surface area (Å²) < 4.78 is 0. The molecule has 1 aromatic carbocycles. The van der Waals surface area contributed by atoms with Gasteiger partial charge < -0.3 is 10.3 Å². The number of phenolic OH excluding ortho intramolecular Hbond substituents is 1. The van der Waals surface area contributed by atoms with Crippen LogP contribution in [0.3, 0.4) is 0 Å². The van der Waals surface area contributed by atoms with Crippen molar-refractivity contribution in [1.29, 1.82) is 0 Å². The molecule has 0 aliphatic carbocycles. The van der Waals surface area contributed by atoms with E-state index in [1.54, 1.807) is 12.1 Å². The maximum atomic E-state index is 10.3. The van der Waals surface area contributed by atoms with Crippen molar-refractivity contribution in [3.63, 3.8) is 0 Å². The van der Waals surface area contributed by atoms with Gasteiger partial charge in [0, 0.05) is 5.54 Å². The lowest BCUT2D eigenvalue weighted by Crippen LogP contribution is -2.52. The molecule has 0 spiro atoms. The highest BCUT2D eigenvalue weighted by molar-refractivity contribution is 5.29. The summed E-state index contributed by atoms with van der Waals surface area (Å²) in [5.74, 6) is 0.231. The van der Waals surface area contributed by atoms with E-state index in [1.807, 2.05) is 26.0 Å². The summed E-state index contributed by atoms with van der Waals surface area (Å²) >= 11 is 0. The number of aromatic hydroxyl groups is 1. The number of benzene rings is 1. The molecule has 0 aromatic heterocycles. The summed E-state index contributed by atoms with van der Waals surface area (Å²) in [6.07, 6.45) is -0.249. The van der Waals surface area contributed by atoms with Crippen molar-refractivity contribution < 1.29 is 10.3 Å². The minimum atomic E-state index is -0.366. The Labute approximate surface area is 102 Å². The van der Waals surface area contributed by atoms with E-state index in [4.69, 9.17) is 0 Å². The van der Waals surface area contributed by atoms with E-state index in [-0.39, 0.29) is 23.0 Å². The highest BCUT2D eigenvalue weighted by atomic mass is 16.5. The second-order valence-electron chi connectivity index (χ2n) is 5.67. The summed E-state index contributed by atoms with van der Waals surface area (Å²) in [5.41, 5.74) is 0.365. The van der Waals surface area contributed by atoms with Crippen molar-refractivity contribution in [3.8, 4) is 5.75 Å². The van der Waals surface area contributed by atoms with Gasteiger partial charge in [0.05, 0.1) is 5.54 Å². The molecule has 2 rings (SSSR count). The van der Waals surface area contributed by atoms with E-state index in [1.165, 1.54) is 5.06 Å². The second-order valence-corrected chi connectivity index (χ2v) is 5.67. The van der Waals surface area contributed by atoms with Gasteiger partial charge >= 0.3 is 0 Å². The van der Waals surface area contributed by atoms with Crippen molar-refractivity contribution in [3.05, 3.63) is 29.8 Å². The van der Waals surface area contributed by atoms with E-state index in [0.717, 1.165) is 5.56 Å². The van der Waals surface area contributed by atoms with Crippen molar-refractivity contribution in [2.45, 2.75) is 44.9 Å². The Morgan fingerprint density at radius 2 is 1.65 bits per heavy atom. The van der Waals surface area contributed by atoms with Gasteiger partial charge in [0.25, 0.3) is 0 Å². The van der Waals surface area contributed by atoms with E-state index in [9.17, 15) is 10.3 Å². The van der Waals surface area contributed by atoms with Crippen LogP contribution in [0.15, 0.2) is 24.3 Å². The lowest BCUT2D eigenvalue weighted by Gasteiger charge is -2.36. The van der Waals surface area contributed by atoms with Crippen LogP contribution in [0.2, 0.25) is 0 Å². The van der Waals surface area contributed by atoms with Gasteiger partial charge in [-0.05, 0) is 45.4 Å². The van der Waals surface area contributed by atoms with Crippen molar-refractivity contribution >= 4 is 0 Å². The molecule has 1 aliphatic rings. The van der Waals surface area contributed by atoms with Crippen LogP contribution < -0.4 is 5.32 Å². The summed E-state index contributed by atoms with van der Waals surface area (Å²) in [5, 5.41) is 24.3. The Morgan fingerprint density at radius 3 is 2.06 bits per heavy atom. The van der Waals surface area contributed by atoms with Crippen LogP contribution in [0.1, 0.15) is 39.4 Å². The molecular formula is C13H20N2O2. The van der Waals surface area contributed by atoms with Crippen molar-refractivity contribution in [2.24, 2.45) is 0 Å². The number of nitrogens with zero attached hydrogens (tertiary/aromatic N) is 1. The third kappa shape index (κ3) is 1.82.